The molecule has 186 valence electrons. The van der Waals surface area contributed by atoms with Crippen molar-refractivity contribution in [3.05, 3.63) is 95.3 Å². The number of aldehydes is 1. The van der Waals surface area contributed by atoms with Crippen LogP contribution >= 0.6 is 0 Å². The molecule has 1 atom stereocenters. The molecule has 0 saturated carbocycles. The van der Waals surface area contributed by atoms with Gasteiger partial charge in [0.1, 0.15) is 18.1 Å². The first-order valence-corrected chi connectivity index (χ1v) is 11.6. The Hall–Kier alpha value is -3.55. The first kappa shape index (κ1) is 27.7. The average molecular weight is 478 g/mol. The lowest BCUT2D eigenvalue weighted by Crippen LogP contribution is -2.39. The smallest absolute Gasteiger partial charge is 0.251 e. The Balaban J connectivity index is 0.000000328. The summed E-state index contributed by atoms with van der Waals surface area (Å²) in [5.74, 6) is 0.394. The lowest BCUT2D eigenvalue weighted by Gasteiger charge is -2.14. The second kappa shape index (κ2) is 16.1. The van der Waals surface area contributed by atoms with E-state index in [0.29, 0.717) is 24.2 Å². The van der Waals surface area contributed by atoms with Gasteiger partial charge in [-0.2, -0.15) is 0 Å². The molecule has 1 unspecified atom stereocenters. The maximum absolute atomic E-state index is 12.2. The minimum absolute atomic E-state index is 0.124. The van der Waals surface area contributed by atoms with Gasteiger partial charge >= 0.3 is 0 Å². The van der Waals surface area contributed by atoms with E-state index < -0.39 is 6.04 Å². The normalized spacial score (nSPS) is 11.1. The van der Waals surface area contributed by atoms with E-state index in [1.165, 1.54) is 5.69 Å². The number of hydrogen-bond acceptors (Lipinski definition) is 6. The molecular weight excluding hydrogens is 442 g/mol. The monoisotopic (exact) mass is 477 g/mol. The van der Waals surface area contributed by atoms with E-state index in [0.717, 1.165) is 30.5 Å². The van der Waals surface area contributed by atoms with Crippen molar-refractivity contribution in [3.8, 4) is 5.75 Å². The third-order valence-electron chi connectivity index (χ3n) is 5.13. The van der Waals surface area contributed by atoms with Crippen LogP contribution in [0.3, 0.4) is 0 Å². The fourth-order valence-corrected chi connectivity index (χ4v) is 3.26. The minimum Gasteiger partial charge on any atom is -0.496 e. The molecule has 1 aromatic heterocycles. The van der Waals surface area contributed by atoms with Gasteiger partial charge in [-0.1, -0.05) is 36.4 Å². The molecule has 3 aromatic rings. The predicted molar refractivity (Wildman–Crippen MR) is 138 cm³/mol. The molecule has 0 aliphatic rings. The van der Waals surface area contributed by atoms with E-state index in [-0.39, 0.29) is 12.5 Å². The number of amides is 1. The zero-order chi connectivity index (χ0) is 25.3. The zero-order valence-corrected chi connectivity index (χ0v) is 20.7. The highest BCUT2D eigenvalue weighted by Crippen LogP contribution is 2.18. The average Bonchev–Trinajstić information content (AvgIpc) is 2.89. The van der Waals surface area contributed by atoms with Crippen molar-refractivity contribution >= 4 is 12.2 Å². The number of methoxy groups -OCH3 is 1. The Bertz CT molecular complexity index is 1010. The highest BCUT2D eigenvalue weighted by Gasteiger charge is 2.14. The zero-order valence-electron chi connectivity index (χ0n) is 20.7. The molecule has 0 aliphatic carbocycles. The Kier molecular flexibility index (Phi) is 12.8. The number of benzene rings is 2. The molecule has 7 heteroatoms. The Morgan fingerprint density at radius 3 is 2.49 bits per heavy atom. The van der Waals surface area contributed by atoms with Crippen LogP contribution in [0, 0.1) is 6.92 Å². The molecule has 2 N–H and O–H groups in total. The van der Waals surface area contributed by atoms with Gasteiger partial charge in [0.25, 0.3) is 5.91 Å². The molecular formula is C28H35N3O4. The van der Waals surface area contributed by atoms with Gasteiger partial charge in [-0.25, -0.2) is 0 Å². The second-order valence-electron chi connectivity index (χ2n) is 7.93. The number of pyridine rings is 1. The molecule has 0 spiro atoms. The molecule has 0 saturated heterocycles. The first-order chi connectivity index (χ1) is 17.1. The molecule has 3 rings (SSSR count). The summed E-state index contributed by atoms with van der Waals surface area (Å²) in [5.41, 5.74) is 3.53. The Labute approximate surface area is 207 Å². The quantitative estimate of drug-likeness (QED) is 0.305. The molecule has 35 heavy (non-hydrogen) atoms. The van der Waals surface area contributed by atoms with Crippen LogP contribution in [0.2, 0.25) is 0 Å². The van der Waals surface area contributed by atoms with Crippen LogP contribution < -0.4 is 15.4 Å². The van der Waals surface area contributed by atoms with Crippen LogP contribution in [0.15, 0.2) is 72.9 Å². The number of nitrogens with zero attached hydrogens (tertiary/aromatic N) is 1. The highest BCUT2D eigenvalue weighted by atomic mass is 16.5. The number of rotatable bonds is 12. The van der Waals surface area contributed by atoms with Gasteiger partial charge in [0, 0.05) is 17.5 Å². The fourth-order valence-electron chi connectivity index (χ4n) is 3.26. The summed E-state index contributed by atoms with van der Waals surface area (Å²) in [6, 6.07) is 20.1. The summed E-state index contributed by atoms with van der Waals surface area (Å²) >= 11 is 0. The maximum Gasteiger partial charge on any atom is 0.251 e. The van der Waals surface area contributed by atoms with Crippen LogP contribution in [0.1, 0.15) is 33.6 Å². The Morgan fingerprint density at radius 2 is 1.86 bits per heavy atom. The molecule has 0 fully saturated rings. The summed E-state index contributed by atoms with van der Waals surface area (Å²) in [5, 5.41) is 5.77. The summed E-state index contributed by atoms with van der Waals surface area (Å²) in [4.78, 5) is 27.6. The van der Waals surface area contributed by atoms with Gasteiger partial charge in [-0.05, 0) is 74.8 Å². The summed E-state index contributed by atoms with van der Waals surface area (Å²) in [6.07, 6.45) is 4.75. The van der Waals surface area contributed by atoms with Crippen LogP contribution in [0.25, 0.3) is 0 Å². The van der Waals surface area contributed by atoms with Gasteiger partial charge in [0.05, 0.1) is 20.3 Å². The summed E-state index contributed by atoms with van der Waals surface area (Å²) in [7, 11) is 3.55. The van der Waals surface area contributed by atoms with Crippen molar-refractivity contribution in [1.82, 2.24) is 15.6 Å². The third-order valence-corrected chi connectivity index (χ3v) is 5.13. The minimum atomic E-state index is -0.691. The van der Waals surface area contributed by atoms with Gasteiger partial charge in [0.2, 0.25) is 0 Å². The van der Waals surface area contributed by atoms with Crippen LogP contribution in [0.5, 0.6) is 5.75 Å². The van der Waals surface area contributed by atoms with Crippen LogP contribution in [-0.2, 0) is 22.6 Å². The number of ether oxygens (including phenoxy) is 2. The SMILES string of the molecule is CNCCCc1ccccn1.COc1ccc(C(=O)NC(C=O)COCc2ccccc2)cc1C. The van der Waals surface area contributed by atoms with Gasteiger partial charge in [-0.15, -0.1) is 0 Å². The fraction of sp³-hybridized carbons (Fsp3) is 0.321. The van der Waals surface area contributed by atoms with Crippen LogP contribution in [-0.4, -0.2) is 50.5 Å². The number of nitrogens with one attached hydrogen (secondary N) is 2. The number of aromatic nitrogens is 1. The topological polar surface area (TPSA) is 89.6 Å². The predicted octanol–water partition coefficient (Wildman–Crippen LogP) is 3.75. The molecule has 0 radical (unpaired) electrons. The summed E-state index contributed by atoms with van der Waals surface area (Å²) in [6.45, 7) is 3.44. The van der Waals surface area contributed by atoms with E-state index >= 15 is 0 Å². The van der Waals surface area contributed by atoms with Gasteiger partial charge in [-0.3, -0.25) is 9.78 Å². The standard InChI is InChI=1S/C19H21NO4.C9H14N2/c1-14-10-16(8-9-18(14)23-2)19(22)20-17(11-21)13-24-12-15-6-4-3-5-7-15;1-10-7-4-6-9-5-2-3-8-11-9/h3-11,17H,12-13H2,1-2H3,(H,20,22);2-3,5,8,10H,4,6-7H2,1H3. The highest BCUT2D eigenvalue weighted by molar-refractivity contribution is 5.96. The molecule has 7 nitrogen and oxygen atoms in total. The molecule has 0 bridgehead atoms. The van der Waals surface area contributed by atoms with E-state index in [9.17, 15) is 9.59 Å². The van der Waals surface area contributed by atoms with E-state index in [1.807, 2.05) is 62.6 Å². The van der Waals surface area contributed by atoms with Crippen molar-refractivity contribution in [3.63, 3.8) is 0 Å². The summed E-state index contributed by atoms with van der Waals surface area (Å²) < 4.78 is 10.7. The van der Waals surface area contributed by atoms with Gasteiger partial charge < -0.3 is 24.9 Å². The van der Waals surface area contributed by atoms with Crippen molar-refractivity contribution in [2.45, 2.75) is 32.4 Å². The Morgan fingerprint density at radius 1 is 1.09 bits per heavy atom. The molecule has 1 heterocycles. The number of carbonyl (C=O) groups is 2. The first-order valence-electron chi connectivity index (χ1n) is 11.6. The van der Waals surface area contributed by atoms with E-state index in [2.05, 4.69) is 21.7 Å². The van der Waals surface area contributed by atoms with E-state index in [1.54, 1.807) is 25.3 Å². The lowest BCUT2D eigenvalue weighted by atomic mass is 10.1. The van der Waals surface area contributed by atoms with Gasteiger partial charge in [0.15, 0.2) is 0 Å². The van der Waals surface area contributed by atoms with Crippen LogP contribution in [0.4, 0.5) is 0 Å². The maximum atomic E-state index is 12.2. The number of hydrogen-bond donors (Lipinski definition) is 2. The largest absolute Gasteiger partial charge is 0.496 e. The van der Waals surface area contributed by atoms with Crippen molar-refractivity contribution in [1.29, 1.82) is 0 Å². The molecule has 2 aromatic carbocycles. The number of aryl methyl sites for hydroxylation is 2. The van der Waals surface area contributed by atoms with Crippen molar-refractivity contribution in [2.75, 3.05) is 27.3 Å². The van der Waals surface area contributed by atoms with Crippen molar-refractivity contribution in [2.24, 2.45) is 0 Å². The lowest BCUT2D eigenvalue weighted by molar-refractivity contribution is -0.110. The van der Waals surface area contributed by atoms with E-state index in [4.69, 9.17) is 9.47 Å². The number of carbonyl (C=O) groups excluding carboxylic acids is 2. The second-order valence-corrected chi connectivity index (χ2v) is 7.93. The molecule has 0 aliphatic heterocycles. The third kappa shape index (κ3) is 10.5. The van der Waals surface area contributed by atoms with Crippen molar-refractivity contribution < 1.29 is 19.1 Å². The molecule has 1 amide bonds.